The summed E-state index contributed by atoms with van der Waals surface area (Å²) >= 11 is 7.77. The van der Waals surface area contributed by atoms with Crippen molar-refractivity contribution in [3.8, 4) is 0 Å². The minimum atomic E-state index is 0.126. The maximum Gasteiger partial charge on any atom is 0.138 e. The zero-order chi connectivity index (χ0) is 15.0. The van der Waals surface area contributed by atoms with Crippen LogP contribution in [0.5, 0.6) is 0 Å². The van der Waals surface area contributed by atoms with Crippen LogP contribution in [0.15, 0.2) is 30.6 Å². The second-order valence-corrected chi connectivity index (χ2v) is 6.75. The molecule has 2 aromatic heterocycles. The van der Waals surface area contributed by atoms with E-state index < -0.39 is 0 Å². The molecule has 0 saturated carbocycles. The molecule has 0 aliphatic rings. The topological polar surface area (TPSA) is 37.8 Å². The number of nitrogens with zero attached hydrogens (tertiary/aromatic N) is 2. The molecule has 5 heteroatoms. The van der Waals surface area contributed by atoms with Gasteiger partial charge in [-0.05, 0) is 44.0 Å². The van der Waals surface area contributed by atoms with Crippen LogP contribution < -0.4 is 5.32 Å². The van der Waals surface area contributed by atoms with Crippen molar-refractivity contribution >= 4 is 39.0 Å². The molecule has 3 aromatic rings. The van der Waals surface area contributed by atoms with Gasteiger partial charge >= 0.3 is 0 Å². The second kappa shape index (κ2) is 5.62. The quantitative estimate of drug-likeness (QED) is 0.727. The predicted molar refractivity (Wildman–Crippen MR) is 90.4 cm³/mol. The number of aromatic nitrogens is 2. The Hall–Kier alpha value is -1.65. The fraction of sp³-hybridized carbons (Fsp3) is 0.250. The Morgan fingerprint density at radius 2 is 2.05 bits per heavy atom. The smallest absolute Gasteiger partial charge is 0.138 e. The molecule has 0 aliphatic heterocycles. The molecular formula is C16H16ClN3S. The molecule has 21 heavy (non-hydrogen) atoms. The van der Waals surface area contributed by atoms with E-state index in [0.717, 1.165) is 26.6 Å². The Bertz CT molecular complexity index is 797. The minimum absolute atomic E-state index is 0.126. The SMILES string of the molecule is Cc1sc2ncnc(NC(C)c3cccc(Cl)c3)c2c1C. The van der Waals surface area contributed by atoms with Gasteiger partial charge in [-0.15, -0.1) is 11.3 Å². The Labute approximate surface area is 133 Å². The van der Waals surface area contributed by atoms with Gasteiger partial charge in [0, 0.05) is 9.90 Å². The summed E-state index contributed by atoms with van der Waals surface area (Å²) in [5.41, 5.74) is 2.38. The van der Waals surface area contributed by atoms with E-state index in [1.54, 1.807) is 17.7 Å². The number of thiophene rings is 1. The summed E-state index contributed by atoms with van der Waals surface area (Å²) in [5.74, 6) is 0.884. The average Bonchev–Trinajstić information content (AvgIpc) is 2.75. The van der Waals surface area contributed by atoms with Crippen molar-refractivity contribution < 1.29 is 0 Å². The van der Waals surface area contributed by atoms with Crippen LogP contribution in [0.1, 0.15) is 29.0 Å². The van der Waals surface area contributed by atoms with Gasteiger partial charge in [0.2, 0.25) is 0 Å². The summed E-state index contributed by atoms with van der Waals surface area (Å²) in [6.07, 6.45) is 1.62. The molecule has 0 spiro atoms. The van der Waals surface area contributed by atoms with Gasteiger partial charge < -0.3 is 5.32 Å². The first-order valence-corrected chi connectivity index (χ1v) is 7.98. The van der Waals surface area contributed by atoms with Gasteiger partial charge in [0.15, 0.2) is 0 Å². The normalized spacial score (nSPS) is 12.6. The first-order chi connectivity index (χ1) is 10.1. The lowest BCUT2D eigenvalue weighted by atomic mass is 10.1. The van der Waals surface area contributed by atoms with Gasteiger partial charge in [-0.1, -0.05) is 23.7 Å². The van der Waals surface area contributed by atoms with Gasteiger partial charge in [0.25, 0.3) is 0 Å². The molecule has 3 nitrogen and oxygen atoms in total. The summed E-state index contributed by atoms with van der Waals surface area (Å²) in [6, 6.07) is 8.01. The van der Waals surface area contributed by atoms with E-state index in [4.69, 9.17) is 11.6 Å². The van der Waals surface area contributed by atoms with Crippen LogP contribution in [0.3, 0.4) is 0 Å². The molecule has 2 heterocycles. The summed E-state index contributed by atoms with van der Waals surface area (Å²) < 4.78 is 0. The highest BCUT2D eigenvalue weighted by molar-refractivity contribution is 7.18. The third kappa shape index (κ3) is 2.74. The third-order valence-corrected chi connectivity index (χ3v) is 5.02. The van der Waals surface area contributed by atoms with Crippen molar-refractivity contribution in [2.75, 3.05) is 5.32 Å². The Kier molecular flexibility index (Phi) is 3.83. The summed E-state index contributed by atoms with van der Waals surface area (Å²) in [6.45, 7) is 6.34. The maximum absolute atomic E-state index is 6.06. The molecule has 0 amide bonds. The number of halogens is 1. The minimum Gasteiger partial charge on any atom is -0.363 e. The zero-order valence-electron chi connectivity index (χ0n) is 12.1. The van der Waals surface area contributed by atoms with Crippen LogP contribution in [0.25, 0.3) is 10.2 Å². The Morgan fingerprint density at radius 3 is 2.81 bits per heavy atom. The van der Waals surface area contributed by atoms with E-state index in [2.05, 4.69) is 42.1 Å². The molecule has 1 aromatic carbocycles. The Morgan fingerprint density at radius 1 is 1.24 bits per heavy atom. The fourth-order valence-electron chi connectivity index (χ4n) is 2.36. The third-order valence-electron chi connectivity index (χ3n) is 3.67. The van der Waals surface area contributed by atoms with Gasteiger partial charge in [-0.25, -0.2) is 9.97 Å². The van der Waals surface area contributed by atoms with Crippen LogP contribution in [0, 0.1) is 13.8 Å². The number of benzene rings is 1. The number of rotatable bonds is 3. The van der Waals surface area contributed by atoms with E-state index in [1.807, 2.05) is 18.2 Å². The fourth-order valence-corrected chi connectivity index (χ4v) is 3.55. The molecule has 1 unspecified atom stereocenters. The molecular weight excluding hydrogens is 302 g/mol. The molecule has 0 saturated heterocycles. The average molecular weight is 318 g/mol. The molecule has 108 valence electrons. The largest absolute Gasteiger partial charge is 0.363 e. The van der Waals surface area contributed by atoms with E-state index in [9.17, 15) is 0 Å². The number of fused-ring (bicyclic) bond motifs is 1. The molecule has 1 atom stereocenters. The lowest BCUT2D eigenvalue weighted by molar-refractivity contribution is 0.876. The molecule has 3 rings (SSSR count). The van der Waals surface area contributed by atoms with Crippen LogP contribution >= 0.6 is 22.9 Å². The van der Waals surface area contributed by atoms with Gasteiger partial charge in [0.1, 0.15) is 17.0 Å². The Balaban J connectivity index is 1.98. The number of nitrogens with one attached hydrogen (secondary N) is 1. The van der Waals surface area contributed by atoms with E-state index in [-0.39, 0.29) is 6.04 Å². The van der Waals surface area contributed by atoms with E-state index in [1.165, 1.54) is 10.4 Å². The van der Waals surface area contributed by atoms with Crippen LogP contribution in [0.2, 0.25) is 5.02 Å². The first kappa shape index (κ1) is 14.3. The molecule has 1 N–H and O–H groups in total. The van der Waals surface area contributed by atoms with Crippen LogP contribution in [0.4, 0.5) is 5.82 Å². The lowest BCUT2D eigenvalue weighted by Crippen LogP contribution is -2.08. The summed E-state index contributed by atoms with van der Waals surface area (Å²) in [4.78, 5) is 11.1. The van der Waals surface area contributed by atoms with Crippen LogP contribution in [-0.2, 0) is 0 Å². The van der Waals surface area contributed by atoms with Gasteiger partial charge in [-0.3, -0.25) is 0 Å². The maximum atomic E-state index is 6.06. The summed E-state index contributed by atoms with van der Waals surface area (Å²) in [7, 11) is 0. The van der Waals surface area contributed by atoms with Crippen molar-refractivity contribution in [1.29, 1.82) is 0 Å². The van der Waals surface area contributed by atoms with E-state index in [0.29, 0.717) is 0 Å². The highest BCUT2D eigenvalue weighted by atomic mass is 35.5. The standard InChI is InChI=1S/C16H16ClN3S/c1-9-11(3)21-16-14(9)15(18-8-19-16)20-10(2)12-5-4-6-13(17)7-12/h4-8,10H,1-3H3,(H,18,19,20). The highest BCUT2D eigenvalue weighted by Crippen LogP contribution is 2.34. The van der Waals surface area contributed by atoms with E-state index >= 15 is 0 Å². The number of hydrogen-bond acceptors (Lipinski definition) is 4. The van der Waals surface area contributed by atoms with Crippen molar-refractivity contribution in [1.82, 2.24) is 9.97 Å². The number of aryl methyl sites for hydroxylation is 2. The number of hydrogen-bond donors (Lipinski definition) is 1. The summed E-state index contributed by atoms with van der Waals surface area (Å²) in [5, 5.41) is 5.35. The van der Waals surface area contributed by atoms with Crippen LogP contribution in [-0.4, -0.2) is 9.97 Å². The second-order valence-electron chi connectivity index (χ2n) is 5.11. The zero-order valence-corrected chi connectivity index (χ0v) is 13.7. The molecule has 0 radical (unpaired) electrons. The highest BCUT2D eigenvalue weighted by Gasteiger charge is 2.14. The van der Waals surface area contributed by atoms with Crippen molar-refractivity contribution in [3.63, 3.8) is 0 Å². The predicted octanol–water partition coefficient (Wildman–Crippen LogP) is 5.13. The van der Waals surface area contributed by atoms with Crippen molar-refractivity contribution in [3.05, 3.63) is 51.6 Å². The van der Waals surface area contributed by atoms with Gasteiger partial charge in [0.05, 0.1) is 11.4 Å². The van der Waals surface area contributed by atoms with Crippen molar-refractivity contribution in [2.45, 2.75) is 26.8 Å². The molecule has 0 aliphatic carbocycles. The van der Waals surface area contributed by atoms with Gasteiger partial charge in [-0.2, -0.15) is 0 Å². The molecule has 0 fully saturated rings. The number of anilines is 1. The first-order valence-electron chi connectivity index (χ1n) is 6.79. The lowest BCUT2D eigenvalue weighted by Gasteiger charge is -2.16. The molecule has 0 bridgehead atoms. The monoisotopic (exact) mass is 317 g/mol. The van der Waals surface area contributed by atoms with Crippen molar-refractivity contribution in [2.24, 2.45) is 0 Å².